The van der Waals surface area contributed by atoms with Crippen LogP contribution in [0.3, 0.4) is 0 Å². The number of nitrogens with zero attached hydrogens (tertiary/aromatic N) is 2. The molecule has 9 heteroatoms. The van der Waals surface area contributed by atoms with Crippen LogP contribution in [0.4, 0.5) is 0 Å². The van der Waals surface area contributed by atoms with Crippen molar-refractivity contribution in [2.45, 2.75) is 37.8 Å². The van der Waals surface area contributed by atoms with Crippen LogP contribution in [-0.2, 0) is 20.8 Å². The third kappa shape index (κ3) is 11.7. The van der Waals surface area contributed by atoms with Crippen LogP contribution in [-0.4, -0.2) is 86.3 Å². The highest BCUT2D eigenvalue weighted by Crippen LogP contribution is 2.21. The first-order valence-corrected chi connectivity index (χ1v) is 12.7. The molecule has 1 heterocycles. The Bertz CT molecular complexity index is 896. The van der Waals surface area contributed by atoms with E-state index >= 15 is 0 Å². The predicted molar refractivity (Wildman–Crippen MR) is 150 cm³/mol. The van der Waals surface area contributed by atoms with Gasteiger partial charge in [0, 0.05) is 45.7 Å². The molecule has 204 valence electrons. The van der Waals surface area contributed by atoms with Crippen molar-refractivity contribution in [3.63, 3.8) is 0 Å². The van der Waals surface area contributed by atoms with Gasteiger partial charge in [0.25, 0.3) is 0 Å². The zero-order chi connectivity index (χ0) is 27.6. The van der Waals surface area contributed by atoms with Crippen molar-refractivity contribution in [1.29, 1.82) is 0 Å². The van der Waals surface area contributed by atoms with Crippen LogP contribution in [0.1, 0.15) is 24.8 Å². The van der Waals surface area contributed by atoms with Gasteiger partial charge in [-0.3, -0.25) is 9.59 Å². The van der Waals surface area contributed by atoms with Gasteiger partial charge in [-0.25, -0.2) is 0 Å². The molecule has 9 nitrogen and oxygen atoms in total. The second-order valence-electron chi connectivity index (χ2n) is 8.94. The van der Waals surface area contributed by atoms with Crippen LogP contribution in [0.15, 0.2) is 66.8 Å². The van der Waals surface area contributed by atoms with Gasteiger partial charge in [0.2, 0.25) is 11.8 Å². The number of amides is 2. The zero-order valence-electron chi connectivity index (χ0n) is 22.1. The highest BCUT2D eigenvalue weighted by Gasteiger charge is 2.29. The number of hydrogen-bond acceptors (Lipinski definition) is 7. The van der Waals surface area contributed by atoms with Crippen molar-refractivity contribution < 1.29 is 14.4 Å². The van der Waals surface area contributed by atoms with E-state index in [0.717, 1.165) is 42.9 Å². The van der Waals surface area contributed by atoms with Gasteiger partial charge in [0.15, 0.2) is 0 Å². The zero-order valence-corrected chi connectivity index (χ0v) is 22.1. The van der Waals surface area contributed by atoms with Crippen molar-refractivity contribution in [1.82, 2.24) is 15.1 Å². The van der Waals surface area contributed by atoms with Crippen molar-refractivity contribution in [3.05, 3.63) is 72.4 Å². The highest BCUT2D eigenvalue weighted by molar-refractivity contribution is 5.90. The predicted octanol–water partition coefficient (Wildman–Crippen LogP) is 0.757. The topological polar surface area (TPSA) is 148 Å². The van der Waals surface area contributed by atoms with Gasteiger partial charge < -0.3 is 37.1 Å². The second-order valence-corrected chi connectivity index (χ2v) is 8.94. The van der Waals surface area contributed by atoms with Crippen LogP contribution >= 0.6 is 0 Å². The molecule has 37 heavy (non-hydrogen) atoms. The summed E-state index contributed by atoms with van der Waals surface area (Å²) in [4.78, 5) is 40.1. The molecule has 0 aromatic heterocycles. The summed E-state index contributed by atoms with van der Waals surface area (Å²) in [6.07, 6.45) is 5.84. The lowest BCUT2D eigenvalue weighted by atomic mass is 9.98. The molecule has 2 unspecified atom stereocenters. The van der Waals surface area contributed by atoms with E-state index in [1.807, 2.05) is 37.4 Å². The number of nitrogens with one attached hydrogen (secondary N) is 1. The van der Waals surface area contributed by atoms with E-state index in [9.17, 15) is 14.4 Å². The molecule has 0 radical (unpaired) electrons. The first kappa shape index (κ1) is 31.9. The largest absolute Gasteiger partial charge is 0.343 e. The van der Waals surface area contributed by atoms with E-state index in [0.29, 0.717) is 38.6 Å². The molecule has 0 aliphatic carbocycles. The number of rotatable bonds is 14. The van der Waals surface area contributed by atoms with Gasteiger partial charge in [0.1, 0.15) is 12.3 Å². The van der Waals surface area contributed by atoms with Gasteiger partial charge in [-0.05, 0) is 43.0 Å². The maximum Gasteiger partial charge on any atom is 0.245 e. The fraction of sp³-hybridized carbons (Fsp3) is 0.464. The van der Waals surface area contributed by atoms with Gasteiger partial charge in [-0.1, -0.05) is 55.6 Å². The molecule has 0 saturated carbocycles. The summed E-state index contributed by atoms with van der Waals surface area (Å²) in [6, 6.07) is 8.10. The molecule has 2 rings (SSSR count). The van der Waals surface area contributed by atoms with Crippen molar-refractivity contribution in [2.24, 2.45) is 17.2 Å². The van der Waals surface area contributed by atoms with E-state index in [1.165, 1.54) is 0 Å². The normalized spacial score (nSPS) is 14.8. The summed E-state index contributed by atoms with van der Waals surface area (Å²) in [5.41, 5.74) is 19.4. The fourth-order valence-electron chi connectivity index (χ4n) is 3.89. The summed E-state index contributed by atoms with van der Waals surface area (Å²) in [5, 5.41) is 2.75. The third-order valence-corrected chi connectivity index (χ3v) is 6.12. The third-order valence-electron chi connectivity index (χ3n) is 6.12. The molecule has 0 saturated heterocycles. The number of benzene rings is 1. The fourth-order valence-corrected chi connectivity index (χ4v) is 3.89. The van der Waals surface area contributed by atoms with Crippen molar-refractivity contribution in [3.8, 4) is 0 Å². The summed E-state index contributed by atoms with van der Waals surface area (Å²) in [7, 11) is 2.01. The summed E-state index contributed by atoms with van der Waals surface area (Å²) >= 11 is 0. The number of carbonyl (C=O) groups excluding carboxylic acids is 3. The van der Waals surface area contributed by atoms with Gasteiger partial charge in [-0.2, -0.15) is 0 Å². The first-order chi connectivity index (χ1) is 17.8. The standard InChI is InChI=1S/C23H29N3O3.C5H15N3/c1-3-18-12-14-26(16-19(18)4-2)23(29)21(25-22(28)20(24)13-15-27)11-10-17-8-6-5-7-9-17;1-8(4-2-6)5-3-7/h3-9,15,20-21H,1-2,10-14,16,24H2,(H,25,28);2-7H2,1H3. The minimum atomic E-state index is -0.961. The molecule has 1 aromatic rings. The number of nitrogens with two attached hydrogens (primary N) is 3. The average Bonchev–Trinajstić information content (AvgIpc) is 2.91. The number of aldehydes is 1. The molecule has 1 aliphatic rings. The van der Waals surface area contributed by atoms with Crippen molar-refractivity contribution >= 4 is 18.1 Å². The number of carbonyl (C=O) groups is 3. The molecule has 0 fully saturated rings. The van der Waals surface area contributed by atoms with Gasteiger partial charge >= 0.3 is 0 Å². The molecule has 0 bridgehead atoms. The van der Waals surface area contributed by atoms with Gasteiger partial charge in [-0.15, -0.1) is 0 Å². The monoisotopic (exact) mass is 512 g/mol. The Balaban J connectivity index is 0.000000738. The highest BCUT2D eigenvalue weighted by atomic mass is 16.2. The van der Waals surface area contributed by atoms with Gasteiger partial charge in [0.05, 0.1) is 6.04 Å². The molecule has 1 aromatic carbocycles. The van der Waals surface area contributed by atoms with Crippen LogP contribution < -0.4 is 22.5 Å². The Hall–Kier alpha value is -3.11. The number of likely N-dealkylation sites (N-methyl/N-ethyl adjacent to an activating group) is 1. The summed E-state index contributed by atoms with van der Waals surface area (Å²) in [5.74, 6) is -0.651. The van der Waals surface area contributed by atoms with Crippen molar-refractivity contribution in [2.75, 3.05) is 46.3 Å². The minimum absolute atomic E-state index is 0.0822. The Labute approximate surface area is 221 Å². The Morgan fingerprint density at radius 1 is 1.11 bits per heavy atom. The Morgan fingerprint density at radius 2 is 1.73 bits per heavy atom. The SMILES string of the molecule is C=CC1=C(C=C)CN(C(=O)C(CCc2ccccc2)NC(=O)C(N)CC=O)CC1.CN(CCN)CCN. The molecule has 0 spiro atoms. The maximum absolute atomic E-state index is 13.2. The molecule has 2 amide bonds. The summed E-state index contributed by atoms with van der Waals surface area (Å²) in [6.45, 7) is 11.9. The average molecular weight is 513 g/mol. The van der Waals surface area contributed by atoms with E-state index in [2.05, 4.69) is 23.4 Å². The Morgan fingerprint density at radius 3 is 2.27 bits per heavy atom. The van der Waals surface area contributed by atoms with Crippen LogP contribution in [0, 0.1) is 0 Å². The van der Waals surface area contributed by atoms with E-state index in [1.54, 1.807) is 17.1 Å². The molecule has 2 atom stereocenters. The first-order valence-electron chi connectivity index (χ1n) is 12.7. The lowest BCUT2D eigenvalue weighted by Crippen LogP contribution is -2.53. The number of hydrogen-bond donors (Lipinski definition) is 4. The van der Waals surface area contributed by atoms with Crippen LogP contribution in [0.5, 0.6) is 0 Å². The van der Waals surface area contributed by atoms with Crippen LogP contribution in [0.25, 0.3) is 0 Å². The number of aryl methyl sites for hydroxylation is 1. The molecule has 1 aliphatic heterocycles. The minimum Gasteiger partial charge on any atom is -0.343 e. The Kier molecular flexibility index (Phi) is 15.7. The van der Waals surface area contributed by atoms with E-state index in [4.69, 9.17) is 17.2 Å². The second kappa shape index (κ2) is 18.2. The molecule has 7 N–H and O–H groups in total. The van der Waals surface area contributed by atoms with E-state index in [-0.39, 0.29) is 12.3 Å². The number of allylic oxidation sites excluding steroid dienone is 1. The smallest absolute Gasteiger partial charge is 0.245 e. The summed E-state index contributed by atoms with van der Waals surface area (Å²) < 4.78 is 0. The lowest BCUT2D eigenvalue weighted by Gasteiger charge is -2.32. The molecular weight excluding hydrogens is 468 g/mol. The van der Waals surface area contributed by atoms with E-state index < -0.39 is 18.0 Å². The molecular formula is C28H44N6O3. The lowest BCUT2D eigenvalue weighted by molar-refractivity contribution is -0.136. The maximum atomic E-state index is 13.2. The quantitative estimate of drug-likeness (QED) is 0.269. The van der Waals surface area contributed by atoms with Crippen LogP contribution in [0.2, 0.25) is 0 Å².